The van der Waals surface area contributed by atoms with Crippen molar-refractivity contribution in [2.75, 3.05) is 25.1 Å². The standard InChI is InChI=1S/C12H19BrN4O3/c1-8(2)6-17-12(19)11(13)9(5-16-17)15-3-4-20-7-10(14)18/h5,8,15H,3-4,6-7H2,1-2H3,(H2,14,18). The average Bonchev–Trinajstić information content (AvgIpc) is 2.36. The molecule has 1 heterocycles. The van der Waals surface area contributed by atoms with Gasteiger partial charge in [0.1, 0.15) is 11.1 Å². The fourth-order valence-corrected chi connectivity index (χ4v) is 1.94. The normalized spacial score (nSPS) is 10.8. The Morgan fingerprint density at radius 3 is 2.90 bits per heavy atom. The molecular weight excluding hydrogens is 328 g/mol. The number of hydrogen-bond donors (Lipinski definition) is 2. The van der Waals surface area contributed by atoms with Crippen molar-refractivity contribution in [3.63, 3.8) is 0 Å². The molecule has 0 bridgehead atoms. The molecule has 0 spiro atoms. The van der Waals surface area contributed by atoms with Gasteiger partial charge in [-0.1, -0.05) is 13.8 Å². The third-order valence-corrected chi connectivity index (χ3v) is 3.10. The molecule has 1 aromatic rings. The SMILES string of the molecule is CC(C)Cn1ncc(NCCOCC(N)=O)c(Br)c1=O. The van der Waals surface area contributed by atoms with Gasteiger partial charge >= 0.3 is 0 Å². The molecular formula is C12H19BrN4O3. The van der Waals surface area contributed by atoms with Crippen molar-refractivity contribution in [3.8, 4) is 0 Å². The molecule has 1 rings (SSSR count). The maximum Gasteiger partial charge on any atom is 0.283 e. The third-order valence-electron chi connectivity index (χ3n) is 2.33. The van der Waals surface area contributed by atoms with Crippen molar-refractivity contribution in [2.24, 2.45) is 11.7 Å². The number of anilines is 1. The highest BCUT2D eigenvalue weighted by molar-refractivity contribution is 9.10. The highest BCUT2D eigenvalue weighted by Gasteiger charge is 2.09. The van der Waals surface area contributed by atoms with Crippen LogP contribution in [-0.2, 0) is 16.1 Å². The number of aromatic nitrogens is 2. The lowest BCUT2D eigenvalue weighted by atomic mass is 10.2. The number of carbonyl (C=O) groups is 1. The van der Waals surface area contributed by atoms with Crippen LogP contribution in [0.15, 0.2) is 15.5 Å². The van der Waals surface area contributed by atoms with E-state index in [1.165, 1.54) is 4.68 Å². The van der Waals surface area contributed by atoms with Gasteiger partial charge in [0, 0.05) is 13.1 Å². The van der Waals surface area contributed by atoms with Gasteiger partial charge < -0.3 is 15.8 Å². The molecule has 0 radical (unpaired) electrons. The zero-order valence-electron chi connectivity index (χ0n) is 11.6. The minimum Gasteiger partial charge on any atom is -0.380 e. The number of carbonyl (C=O) groups excluding carboxylic acids is 1. The fourth-order valence-electron chi connectivity index (χ4n) is 1.49. The van der Waals surface area contributed by atoms with Gasteiger partial charge in [-0.15, -0.1) is 0 Å². The van der Waals surface area contributed by atoms with E-state index in [1.54, 1.807) is 6.20 Å². The first kappa shape index (κ1) is 16.6. The number of halogens is 1. The minimum absolute atomic E-state index is 0.114. The van der Waals surface area contributed by atoms with Gasteiger partial charge in [-0.25, -0.2) is 4.68 Å². The van der Waals surface area contributed by atoms with Gasteiger partial charge in [-0.05, 0) is 21.8 Å². The van der Waals surface area contributed by atoms with Crippen LogP contribution < -0.4 is 16.6 Å². The van der Waals surface area contributed by atoms with Crippen molar-refractivity contribution in [2.45, 2.75) is 20.4 Å². The van der Waals surface area contributed by atoms with E-state index in [0.717, 1.165) is 0 Å². The summed E-state index contributed by atoms with van der Waals surface area (Å²) in [6.07, 6.45) is 1.59. The second kappa shape index (κ2) is 8.01. The molecule has 0 unspecified atom stereocenters. The van der Waals surface area contributed by atoms with Crippen LogP contribution in [-0.4, -0.2) is 35.4 Å². The minimum atomic E-state index is -0.510. The van der Waals surface area contributed by atoms with Gasteiger partial charge in [0.15, 0.2) is 0 Å². The maximum atomic E-state index is 12.0. The number of nitrogens with one attached hydrogen (secondary N) is 1. The number of rotatable bonds is 8. The molecule has 112 valence electrons. The summed E-state index contributed by atoms with van der Waals surface area (Å²) in [5.41, 5.74) is 5.36. The Balaban J connectivity index is 2.57. The zero-order chi connectivity index (χ0) is 15.1. The van der Waals surface area contributed by atoms with Gasteiger partial charge in [-0.3, -0.25) is 9.59 Å². The second-order valence-electron chi connectivity index (χ2n) is 4.70. The Morgan fingerprint density at radius 1 is 1.60 bits per heavy atom. The van der Waals surface area contributed by atoms with Crippen LogP contribution in [0.1, 0.15) is 13.8 Å². The molecule has 1 amide bonds. The molecule has 0 saturated heterocycles. The van der Waals surface area contributed by atoms with Crippen molar-refractivity contribution in [3.05, 3.63) is 21.0 Å². The molecule has 0 aliphatic rings. The van der Waals surface area contributed by atoms with E-state index in [-0.39, 0.29) is 12.2 Å². The first-order chi connectivity index (χ1) is 9.41. The van der Waals surface area contributed by atoms with E-state index in [4.69, 9.17) is 10.5 Å². The Morgan fingerprint density at radius 2 is 2.30 bits per heavy atom. The molecule has 0 aliphatic carbocycles. The van der Waals surface area contributed by atoms with E-state index in [1.807, 2.05) is 13.8 Å². The van der Waals surface area contributed by atoms with Crippen LogP contribution in [0, 0.1) is 5.92 Å². The second-order valence-corrected chi connectivity index (χ2v) is 5.49. The van der Waals surface area contributed by atoms with Crippen LogP contribution in [0.5, 0.6) is 0 Å². The molecule has 0 fully saturated rings. The molecule has 3 N–H and O–H groups in total. The third kappa shape index (κ3) is 5.30. The predicted octanol–water partition coefficient (Wildman–Crippen LogP) is 0.576. The lowest BCUT2D eigenvalue weighted by Crippen LogP contribution is -2.27. The van der Waals surface area contributed by atoms with Crippen LogP contribution in [0.25, 0.3) is 0 Å². The monoisotopic (exact) mass is 346 g/mol. The summed E-state index contributed by atoms with van der Waals surface area (Å²) in [6.45, 7) is 5.25. The summed E-state index contributed by atoms with van der Waals surface area (Å²) < 4.78 is 6.86. The summed E-state index contributed by atoms with van der Waals surface area (Å²) in [6, 6.07) is 0. The van der Waals surface area contributed by atoms with Crippen molar-refractivity contribution >= 4 is 27.5 Å². The molecule has 0 aromatic carbocycles. The Kier molecular flexibility index (Phi) is 6.66. The van der Waals surface area contributed by atoms with Gasteiger partial charge in [0.25, 0.3) is 5.56 Å². The number of hydrogen-bond acceptors (Lipinski definition) is 5. The summed E-state index contributed by atoms with van der Waals surface area (Å²) in [4.78, 5) is 22.5. The van der Waals surface area contributed by atoms with Gasteiger partial charge in [0.05, 0.1) is 18.5 Å². The first-order valence-corrected chi connectivity index (χ1v) is 7.06. The number of primary amides is 1. The van der Waals surface area contributed by atoms with Gasteiger partial charge in [-0.2, -0.15) is 5.10 Å². The Labute approximate surface area is 125 Å². The van der Waals surface area contributed by atoms with Crippen molar-refractivity contribution < 1.29 is 9.53 Å². The zero-order valence-corrected chi connectivity index (χ0v) is 13.1. The average molecular weight is 347 g/mol. The lowest BCUT2D eigenvalue weighted by molar-refractivity contribution is -0.122. The first-order valence-electron chi connectivity index (χ1n) is 6.27. The fraction of sp³-hybridized carbons (Fsp3) is 0.583. The molecule has 8 heteroatoms. The summed E-state index contributed by atoms with van der Waals surface area (Å²) >= 11 is 3.26. The van der Waals surface area contributed by atoms with Crippen LogP contribution >= 0.6 is 15.9 Å². The Bertz CT molecular complexity index is 516. The summed E-state index contributed by atoms with van der Waals surface area (Å²) in [7, 11) is 0. The molecule has 0 atom stereocenters. The summed E-state index contributed by atoms with van der Waals surface area (Å²) in [5, 5.41) is 7.11. The number of nitrogens with zero attached hydrogens (tertiary/aromatic N) is 2. The molecule has 0 saturated carbocycles. The highest BCUT2D eigenvalue weighted by Crippen LogP contribution is 2.15. The molecule has 1 aromatic heterocycles. The molecule has 0 aliphatic heterocycles. The highest BCUT2D eigenvalue weighted by atomic mass is 79.9. The smallest absolute Gasteiger partial charge is 0.283 e. The van der Waals surface area contributed by atoms with E-state index in [2.05, 4.69) is 26.3 Å². The molecule has 7 nitrogen and oxygen atoms in total. The maximum absolute atomic E-state index is 12.0. The van der Waals surface area contributed by atoms with Gasteiger partial charge in [0.2, 0.25) is 5.91 Å². The van der Waals surface area contributed by atoms with E-state index in [0.29, 0.717) is 35.8 Å². The van der Waals surface area contributed by atoms with Crippen molar-refractivity contribution in [1.82, 2.24) is 9.78 Å². The lowest BCUT2D eigenvalue weighted by Gasteiger charge is -2.11. The molecule has 20 heavy (non-hydrogen) atoms. The van der Waals surface area contributed by atoms with E-state index in [9.17, 15) is 9.59 Å². The van der Waals surface area contributed by atoms with Crippen LogP contribution in [0.2, 0.25) is 0 Å². The van der Waals surface area contributed by atoms with Crippen molar-refractivity contribution in [1.29, 1.82) is 0 Å². The van der Waals surface area contributed by atoms with Crippen LogP contribution in [0.4, 0.5) is 5.69 Å². The summed E-state index contributed by atoms with van der Waals surface area (Å²) in [5.74, 6) is -0.169. The van der Waals surface area contributed by atoms with E-state index >= 15 is 0 Å². The van der Waals surface area contributed by atoms with Crippen LogP contribution in [0.3, 0.4) is 0 Å². The Hall–Kier alpha value is -1.41. The number of amides is 1. The quantitative estimate of drug-likeness (QED) is 0.670. The largest absolute Gasteiger partial charge is 0.380 e. The number of ether oxygens (including phenoxy) is 1. The topological polar surface area (TPSA) is 99.2 Å². The number of nitrogens with two attached hydrogens (primary N) is 1. The predicted molar refractivity (Wildman–Crippen MR) is 79.5 cm³/mol. The van der Waals surface area contributed by atoms with E-state index < -0.39 is 5.91 Å².